The zero-order valence-electron chi connectivity index (χ0n) is 12.7. The fourth-order valence-corrected chi connectivity index (χ4v) is 2.60. The SMILES string of the molecule is CC1(C)C[C@@H]1C(=O)N(CCCC(=O)O)Cc1ccccc1. The molecule has 1 saturated carbocycles. The Morgan fingerprint density at radius 1 is 1.29 bits per heavy atom. The minimum atomic E-state index is -0.811. The number of rotatable bonds is 7. The van der Waals surface area contributed by atoms with Gasteiger partial charge in [0.15, 0.2) is 0 Å². The van der Waals surface area contributed by atoms with E-state index in [0.717, 1.165) is 12.0 Å². The number of amides is 1. The Bertz CT molecular complexity index is 510. The molecule has 0 unspecified atom stereocenters. The van der Waals surface area contributed by atoms with Crippen LogP contribution in [0.15, 0.2) is 30.3 Å². The van der Waals surface area contributed by atoms with Crippen molar-refractivity contribution in [3.05, 3.63) is 35.9 Å². The number of carboxylic acids is 1. The van der Waals surface area contributed by atoms with Crippen LogP contribution in [0.2, 0.25) is 0 Å². The average molecular weight is 289 g/mol. The summed E-state index contributed by atoms with van der Waals surface area (Å²) < 4.78 is 0. The molecule has 0 aliphatic heterocycles. The molecule has 1 aliphatic rings. The Kier molecular flexibility index (Phi) is 4.66. The molecular weight excluding hydrogens is 266 g/mol. The Balaban J connectivity index is 1.99. The molecule has 0 saturated heterocycles. The molecule has 0 spiro atoms. The molecule has 1 N–H and O–H groups in total. The van der Waals surface area contributed by atoms with Crippen LogP contribution in [0.3, 0.4) is 0 Å². The highest BCUT2D eigenvalue weighted by molar-refractivity contribution is 5.82. The lowest BCUT2D eigenvalue weighted by Crippen LogP contribution is -2.34. The molecule has 21 heavy (non-hydrogen) atoms. The molecular formula is C17H23NO3. The van der Waals surface area contributed by atoms with Gasteiger partial charge in [-0.15, -0.1) is 0 Å². The smallest absolute Gasteiger partial charge is 0.303 e. The summed E-state index contributed by atoms with van der Waals surface area (Å²) in [5.74, 6) is -0.561. The molecule has 1 aromatic carbocycles. The molecule has 0 radical (unpaired) electrons. The van der Waals surface area contributed by atoms with Gasteiger partial charge in [0.1, 0.15) is 0 Å². The largest absolute Gasteiger partial charge is 0.481 e. The fourth-order valence-electron chi connectivity index (χ4n) is 2.60. The van der Waals surface area contributed by atoms with Crippen LogP contribution >= 0.6 is 0 Å². The Labute approximate surface area is 125 Å². The Hall–Kier alpha value is -1.84. The lowest BCUT2D eigenvalue weighted by atomic mass is 10.1. The Morgan fingerprint density at radius 3 is 2.43 bits per heavy atom. The van der Waals surface area contributed by atoms with Crippen LogP contribution in [0.5, 0.6) is 0 Å². The first kappa shape index (κ1) is 15.5. The summed E-state index contributed by atoms with van der Waals surface area (Å²) >= 11 is 0. The van der Waals surface area contributed by atoms with Crippen LogP contribution in [0.1, 0.15) is 38.7 Å². The molecule has 4 nitrogen and oxygen atoms in total. The highest BCUT2D eigenvalue weighted by Gasteiger charge is 2.51. The molecule has 1 amide bonds. The molecule has 0 aromatic heterocycles. The maximum atomic E-state index is 12.6. The minimum Gasteiger partial charge on any atom is -0.481 e. The van der Waals surface area contributed by atoms with Crippen molar-refractivity contribution in [2.45, 2.75) is 39.7 Å². The molecule has 114 valence electrons. The van der Waals surface area contributed by atoms with E-state index in [0.29, 0.717) is 19.5 Å². The maximum absolute atomic E-state index is 12.6. The van der Waals surface area contributed by atoms with E-state index in [1.54, 1.807) is 0 Å². The van der Waals surface area contributed by atoms with E-state index < -0.39 is 5.97 Å². The molecule has 0 heterocycles. The van der Waals surface area contributed by atoms with Crippen molar-refractivity contribution < 1.29 is 14.7 Å². The third-order valence-electron chi connectivity index (χ3n) is 4.16. The lowest BCUT2D eigenvalue weighted by molar-refractivity contribution is -0.138. The summed E-state index contributed by atoms with van der Waals surface area (Å²) in [5.41, 5.74) is 1.18. The second kappa shape index (κ2) is 6.29. The van der Waals surface area contributed by atoms with Crippen molar-refractivity contribution >= 4 is 11.9 Å². The van der Waals surface area contributed by atoms with Gasteiger partial charge in [-0.1, -0.05) is 44.2 Å². The van der Waals surface area contributed by atoms with E-state index >= 15 is 0 Å². The van der Waals surface area contributed by atoms with Crippen molar-refractivity contribution in [2.75, 3.05) is 6.54 Å². The minimum absolute atomic E-state index is 0.0889. The summed E-state index contributed by atoms with van der Waals surface area (Å²) in [5, 5.41) is 8.76. The van der Waals surface area contributed by atoms with Crippen molar-refractivity contribution in [3.8, 4) is 0 Å². The highest BCUT2D eigenvalue weighted by atomic mass is 16.4. The predicted molar refractivity (Wildman–Crippen MR) is 80.6 cm³/mol. The third-order valence-corrected chi connectivity index (χ3v) is 4.16. The van der Waals surface area contributed by atoms with Gasteiger partial charge in [0.2, 0.25) is 5.91 Å². The summed E-state index contributed by atoms with van der Waals surface area (Å²) in [4.78, 5) is 25.1. The first-order chi connectivity index (χ1) is 9.90. The van der Waals surface area contributed by atoms with Crippen LogP contribution in [0, 0.1) is 11.3 Å². The monoisotopic (exact) mass is 289 g/mol. The second-order valence-electron chi connectivity index (χ2n) is 6.49. The van der Waals surface area contributed by atoms with Crippen LogP contribution in [0.4, 0.5) is 0 Å². The van der Waals surface area contributed by atoms with E-state index in [2.05, 4.69) is 13.8 Å². The van der Waals surface area contributed by atoms with Crippen molar-refractivity contribution in [3.63, 3.8) is 0 Å². The first-order valence-corrected chi connectivity index (χ1v) is 7.44. The molecule has 0 bridgehead atoms. The van der Waals surface area contributed by atoms with Gasteiger partial charge in [0.25, 0.3) is 0 Å². The first-order valence-electron chi connectivity index (χ1n) is 7.44. The Morgan fingerprint density at radius 2 is 1.90 bits per heavy atom. The number of hydrogen-bond donors (Lipinski definition) is 1. The summed E-state index contributed by atoms with van der Waals surface area (Å²) in [6.45, 7) is 5.28. The normalized spacial score (nSPS) is 19.0. The molecule has 1 atom stereocenters. The van der Waals surface area contributed by atoms with Crippen LogP contribution < -0.4 is 0 Å². The topological polar surface area (TPSA) is 57.6 Å². The number of hydrogen-bond acceptors (Lipinski definition) is 2. The van der Waals surface area contributed by atoms with E-state index in [1.807, 2.05) is 35.2 Å². The molecule has 1 fully saturated rings. The van der Waals surface area contributed by atoms with Gasteiger partial charge in [-0.05, 0) is 23.8 Å². The predicted octanol–water partition coefficient (Wildman–Crippen LogP) is 2.93. The van der Waals surface area contributed by atoms with E-state index in [4.69, 9.17) is 5.11 Å². The van der Waals surface area contributed by atoms with Crippen LogP contribution in [-0.4, -0.2) is 28.4 Å². The summed E-state index contributed by atoms with van der Waals surface area (Å²) in [6.07, 6.45) is 1.53. The van der Waals surface area contributed by atoms with Crippen LogP contribution in [0.25, 0.3) is 0 Å². The van der Waals surface area contributed by atoms with E-state index in [-0.39, 0.29) is 23.7 Å². The van der Waals surface area contributed by atoms with Gasteiger partial charge >= 0.3 is 5.97 Å². The van der Waals surface area contributed by atoms with Gasteiger partial charge in [0, 0.05) is 25.4 Å². The number of carbonyl (C=O) groups is 2. The van der Waals surface area contributed by atoms with Gasteiger partial charge in [0.05, 0.1) is 0 Å². The van der Waals surface area contributed by atoms with Gasteiger partial charge < -0.3 is 10.0 Å². The van der Waals surface area contributed by atoms with Gasteiger partial charge in [-0.3, -0.25) is 9.59 Å². The molecule has 1 aliphatic carbocycles. The maximum Gasteiger partial charge on any atom is 0.303 e. The third kappa shape index (κ3) is 4.31. The summed E-state index contributed by atoms with van der Waals surface area (Å²) in [7, 11) is 0. The quantitative estimate of drug-likeness (QED) is 0.839. The van der Waals surface area contributed by atoms with Crippen molar-refractivity contribution in [1.29, 1.82) is 0 Å². The highest BCUT2D eigenvalue weighted by Crippen LogP contribution is 2.52. The van der Waals surface area contributed by atoms with Crippen molar-refractivity contribution in [1.82, 2.24) is 4.90 Å². The van der Waals surface area contributed by atoms with Crippen LogP contribution in [-0.2, 0) is 16.1 Å². The van der Waals surface area contributed by atoms with Gasteiger partial charge in [-0.25, -0.2) is 0 Å². The molecule has 4 heteroatoms. The van der Waals surface area contributed by atoms with E-state index in [9.17, 15) is 9.59 Å². The number of carbonyl (C=O) groups excluding carboxylic acids is 1. The van der Waals surface area contributed by atoms with Crippen molar-refractivity contribution in [2.24, 2.45) is 11.3 Å². The standard InChI is InChI=1S/C17H23NO3/c1-17(2)11-14(17)16(21)18(10-6-9-15(19)20)12-13-7-4-3-5-8-13/h3-5,7-8,14H,6,9-12H2,1-2H3,(H,19,20)/t14-/m1/s1. The fraction of sp³-hybridized carbons (Fsp3) is 0.529. The molecule has 2 rings (SSSR count). The number of benzene rings is 1. The zero-order valence-corrected chi connectivity index (χ0v) is 12.7. The van der Waals surface area contributed by atoms with E-state index in [1.165, 1.54) is 0 Å². The lowest BCUT2D eigenvalue weighted by Gasteiger charge is -2.23. The van der Waals surface area contributed by atoms with Gasteiger partial charge in [-0.2, -0.15) is 0 Å². The second-order valence-corrected chi connectivity index (χ2v) is 6.49. The molecule has 1 aromatic rings. The zero-order chi connectivity index (χ0) is 15.5. The number of nitrogens with zero attached hydrogens (tertiary/aromatic N) is 1. The number of carboxylic acid groups (broad SMARTS) is 1. The summed E-state index contributed by atoms with van der Waals surface area (Å²) in [6, 6.07) is 9.85. The number of aliphatic carboxylic acids is 1. The average Bonchev–Trinajstić information content (AvgIpc) is 3.06.